The Labute approximate surface area is 374 Å². The molecule has 63 heavy (non-hydrogen) atoms. The highest BCUT2D eigenvalue weighted by molar-refractivity contribution is 6.33. The molecule has 2 saturated carbocycles. The Balaban J connectivity index is 1.39. The van der Waals surface area contributed by atoms with Crippen LogP contribution in [0.1, 0.15) is 96.5 Å². The molecule has 12 nitrogen and oxygen atoms in total. The molecule has 4 aliphatic rings. The number of halogens is 8. The third-order valence-electron chi connectivity index (χ3n) is 12.9. The first-order valence-corrected chi connectivity index (χ1v) is 22.4. The number of carbonyl (C=O) groups is 6. The second-order valence-electron chi connectivity index (χ2n) is 18.3. The van der Waals surface area contributed by atoms with E-state index in [4.69, 9.17) is 23.2 Å². The van der Waals surface area contributed by atoms with E-state index in [2.05, 4.69) is 10.6 Å². The zero-order valence-corrected chi connectivity index (χ0v) is 37.7. The van der Waals surface area contributed by atoms with Crippen molar-refractivity contribution < 1.29 is 55.1 Å². The Morgan fingerprint density at radius 2 is 1.60 bits per heavy atom. The predicted molar refractivity (Wildman–Crippen MR) is 222 cm³/mol. The van der Waals surface area contributed by atoms with Crippen molar-refractivity contribution in [3.05, 3.63) is 33.8 Å². The first-order valence-electron chi connectivity index (χ1n) is 21.6. The van der Waals surface area contributed by atoms with Crippen molar-refractivity contribution in [1.82, 2.24) is 30.2 Å². The summed E-state index contributed by atoms with van der Waals surface area (Å²) >= 11 is 12.8. The molecule has 2 aliphatic heterocycles. The summed E-state index contributed by atoms with van der Waals surface area (Å²) in [5.41, 5.74) is -2.94. The number of nitrogens with one attached hydrogen (secondary N) is 2. The summed E-state index contributed by atoms with van der Waals surface area (Å²) in [5.74, 6) is -9.59. The van der Waals surface area contributed by atoms with E-state index in [0.29, 0.717) is 59.2 Å². The third kappa shape index (κ3) is 11.7. The number of likely N-dealkylation sites (N-methyl/N-ethyl adjacent to an activating group) is 3. The maximum absolute atomic E-state index is 14.8. The summed E-state index contributed by atoms with van der Waals surface area (Å²) in [6, 6.07) is -1.65. The molecule has 2 aliphatic carbocycles. The second-order valence-corrected chi connectivity index (χ2v) is 19.1. The molecular formula is C43H58Cl2F6N6O6. The van der Waals surface area contributed by atoms with Crippen molar-refractivity contribution in [2.45, 2.75) is 146 Å². The van der Waals surface area contributed by atoms with Crippen molar-refractivity contribution in [2.75, 3.05) is 34.2 Å². The van der Waals surface area contributed by atoms with Crippen LogP contribution >= 0.6 is 23.2 Å². The Morgan fingerprint density at radius 3 is 2.21 bits per heavy atom. The van der Waals surface area contributed by atoms with Gasteiger partial charge in [-0.1, -0.05) is 62.7 Å². The molecule has 1 aromatic rings. The SMILES string of the molecule is CC(C)C[C@@H]1NC(=O)[C@@H](N(C)C(=O)[C@@H](NC(=O)[C@@H]2C[C@@H](F)CN2C(=O)C2(C(F)(F)F)CC(F)(F)C2)C2CC2)CCCCCCCN(C)C(=O)[C@H](Cc2cc(Cl)ccc2Cl)N(C)C1=O. The van der Waals surface area contributed by atoms with E-state index in [1.54, 1.807) is 30.1 Å². The fraction of sp³-hybridized carbons (Fsp3) is 0.721. The molecule has 1 aromatic carbocycles. The van der Waals surface area contributed by atoms with E-state index in [1.807, 2.05) is 13.8 Å². The molecule has 2 heterocycles. The van der Waals surface area contributed by atoms with Crippen molar-refractivity contribution in [3.8, 4) is 0 Å². The van der Waals surface area contributed by atoms with Gasteiger partial charge in [0, 0.05) is 63.4 Å². The van der Waals surface area contributed by atoms with Crippen LogP contribution in [-0.4, -0.2) is 138 Å². The minimum Gasteiger partial charge on any atom is -0.344 e. The number of likely N-dealkylation sites (tertiary alicyclic amines) is 1. The van der Waals surface area contributed by atoms with Gasteiger partial charge in [0.15, 0.2) is 5.41 Å². The number of alkyl halides is 6. The molecule has 0 radical (unpaired) electrons. The minimum atomic E-state index is -5.39. The number of benzene rings is 1. The second kappa shape index (κ2) is 20.2. The molecule has 20 heteroatoms. The van der Waals surface area contributed by atoms with Crippen LogP contribution in [0.15, 0.2) is 18.2 Å². The highest BCUT2D eigenvalue weighted by Gasteiger charge is 2.75. The smallest absolute Gasteiger partial charge is 0.344 e. The van der Waals surface area contributed by atoms with Gasteiger partial charge in [0.05, 0.1) is 6.54 Å². The van der Waals surface area contributed by atoms with Crippen LogP contribution in [0.4, 0.5) is 26.3 Å². The van der Waals surface area contributed by atoms with Gasteiger partial charge in [-0.2, -0.15) is 13.2 Å². The van der Waals surface area contributed by atoms with Gasteiger partial charge in [-0.05, 0) is 67.7 Å². The molecule has 4 fully saturated rings. The van der Waals surface area contributed by atoms with E-state index in [9.17, 15) is 55.1 Å². The van der Waals surface area contributed by atoms with Crippen LogP contribution in [-0.2, 0) is 35.2 Å². The maximum Gasteiger partial charge on any atom is 0.403 e. The van der Waals surface area contributed by atoms with E-state index < -0.39 is 115 Å². The fourth-order valence-electron chi connectivity index (χ4n) is 9.01. The summed E-state index contributed by atoms with van der Waals surface area (Å²) in [6.45, 7) is 3.20. The summed E-state index contributed by atoms with van der Waals surface area (Å²) in [6.07, 6.45) is -7.15. The van der Waals surface area contributed by atoms with Gasteiger partial charge in [0.1, 0.15) is 36.4 Å². The van der Waals surface area contributed by atoms with Crippen LogP contribution in [0.2, 0.25) is 10.0 Å². The molecular weight excluding hydrogens is 881 g/mol. The Bertz CT molecular complexity index is 1880. The lowest BCUT2D eigenvalue weighted by Gasteiger charge is -2.48. The average molecular weight is 940 g/mol. The van der Waals surface area contributed by atoms with E-state index in [1.165, 1.54) is 19.0 Å². The van der Waals surface area contributed by atoms with Gasteiger partial charge in [0.25, 0.3) is 5.92 Å². The van der Waals surface area contributed by atoms with Crippen molar-refractivity contribution in [3.63, 3.8) is 0 Å². The molecule has 6 atom stereocenters. The van der Waals surface area contributed by atoms with Gasteiger partial charge in [0.2, 0.25) is 35.4 Å². The molecule has 0 bridgehead atoms. The molecule has 2 saturated heterocycles. The van der Waals surface area contributed by atoms with Gasteiger partial charge in [-0.15, -0.1) is 0 Å². The number of amides is 6. The van der Waals surface area contributed by atoms with Crippen molar-refractivity contribution in [1.29, 1.82) is 0 Å². The normalized spacial score (nSPS) is 26.9. The summed E-state index contributed by atoms with van der Waals surface area (Å²) < 4.78 is 85.0. The molecule has 5 rings (SSSR count). The highest BCUT2D eigenvalue weighted by atomic mass is 35.5. The van der Waals surface area contributed by atoms with E-state index in [-0.39, 0.29) is 31.1 Å². The van der Waals surface area contributed by atoms with Crippen LogP contribution in [0.5, 0.6) is 0 Å². The lowest BCUT2D eigenvalue weighted by atomic mass is 9.64. The first-order chi connectivity index (χ1) is 29.4. The molecule has 2 N–H and O–H groups in total. The van der Waals surface area contributed by atoms with Gasteiger partial charge >= 0.3 is 6.18 Å². The Morgan fingerprint density at radius 1 is 0.968 bits per heavy atom. The van der Waals surface area contributed by atoms with Crippen LogP contribution in [0.3, 0.4) is 0 Å². The number of nitrogens with zero attached hydrogens (tertiary/aromatic N) is 4. The topological polar surface area (TPSA) is 139 Å². The third-order valence-corrected chi connectivity index (χ3v) is 13.5. The number of rotatable bonds is 10. The fourth-order valence-corrected chi connectivity index (χ4v) is 9.40. The maximum atomic E-state index is 14.8. The standard InChI is InChI=1S/C43H58Cl2F6N6O6/c1-24(2)17-30-37(60)56(5)33(19-26-18-27(44)14-15-29(26)45)38(61)54(3)16-10-8-6-7-9-11-31(35(58)52-30)55(4)39(62)34(25-12-13-25)53-36(59)32-20-28(46)21-57(32)40(63)41(43(49,50)51)22-42(47,48)23-41/h14-15,18,24-25,28,30-34H,6-13,16-17,19-23H2,1-5H3,(H,52,58)(H,53,59)/t28-,30+,31+,32+,33+,34+/m1/s1. The quantitative estimate of drug-likeness (QED) is 0.263. The average Bonchev–Trinajstić information content (AvgIpc) is 3.96. The summed E-state index contributed by atoms with van der Waals surface area (Å²) in [5, 5.41) is 6.11. The largest absolute Gasteiger partial charge is 0.403 e. The van der Waals surface area contributed by atoms with Gasteiger partial charge < -0.3 is 30.2 Å². The summed E-state index contributed by atoms with van der Waals surface area (Å²) in [7, 11) is 4.51. The molecule has 352 valence electrons. The predicted octanol–water partition coefficient (Wildman–Crippen LogP) is 6.35. The zero-order valence-electron chi connectivity index (χ0n) is 36.2. The minimum absolute atomic E-state index is 0.0270. The van der Waals surface area contributed by atoms with E-state index >= 15 is 0 Å². The highest BCUT2D eigenvalue weighted by Crippen LogP contribution is 2.61. The van der Waals surface area contributed by atoms with Crippen molar-refractivity contribution in [2.24, 2.45) is 17.3 Å². The van der Waals surface area contributed by atoms with Gasteiger partial charge in [-0.3, -0.25) is 28.8 Å². The Kier molecular flexibility index (Phi) is 16.1. The van der Waals surface area contributed by atoms with Crippen molar-refractivity contribution >= 4 is 58.6 Å². The molecule has 0 unspecified atom stereocenters. The van der Waals surface area contributed by atoms with Crippen LogP contribution in [0.25, 0.3) is 0 Å². The molecule has 0 spiro atoms. The van der Waals surface area contributed by atoms with E-state index in [0.717, 1.165) is 17.7 Å². The van der Waals surface area contributed by atoms with Gasteiger partial charge in [-0.25, -0.2) is 13.2 Å². The number of hydrogen-bond donors (Lipinski definition) is 2. The first kappa shape index (κ1) is 50.2. The van der Waals surface area contributed by atoms with Crippen LogP contribution < -0.4 is 10.6 Å². The number of carbonyl (C=O) groups excluding carboxylic acids is 6. The Hall–Kier alpha value is -3.80. The summed E-state index contributed by atoms with van der Waals surface area (Å²) in [4.78, 5) is 88.9. The zero-order chi connectivity index (χ0) is 46.8. The van der Waals surface area contributed by atoms with Crippen LogP contribution in [0, 0.1) is 17.3 Å². The molecule has 0 aromatic heterocycles. The lowest BCUT2D eigenvalue weighted by Crippen LogP contribution is -2.65. The monoisotopic (exact) mass is 938 g/mol. The molecule has 6 amide bonds. The number of hydrogen-bond acceptors (Lipinski definition) is 6. The lowest BCUT2D eigenvalue weighted by molar-refractivity contribution is -0.299.